The van der Waals surface area contributed by atoms with Crippen molar-refractivity contribution in [2.45, 2.75) is 71.3 Å². The first-order chi connectivity index (χ1) is 13.4. The highest BCUT2D eigenvalue weighted by molar-refractivity contribution is 6.18. The fourth-order valence-corrected chi connectivity index (χ4v) is 8.37. The average Bonchev–Trinajstić information content (AvgIpc) is 2.99. The molecule has 7 atom stereocenters. The molecule has 0 aromatic rings. The second-order valence-corrected chi connectivity index (χ2v) is 11.4. The zero-order valence-corrected chi connectivity index (χ0v) is 19.3. The monoisotopic (exact) mass is 427 g/mol. The number of alkyl halides is 2. The second kappa shape index (κ2) is 8.40. The molecule has 0 saturated heterocycles. The zero-order valence-electron chi connectivity index (χ0n) is 17.8. The van der Waals surface area contributed by atoms with E-state index in [1.54, 1.807) is 5.57 Å². The molecule has 1 N–H and O–H groups in total. The van der Waals surface area contributed by atoms with E-state index in [0.717, 1.165) is 49.6 Å². The third-order valence-corrected chi connectivity index (χ3v) is 9.89. The van der Waals surface area contributed by atoms with Crippen molar-refractivity contribution in [1.29, 1.82) is 0 Å². The summed E-state index contributed by atoms with van der Waals surface area (Å²) in [4.78, 5) is 2.51. The number of hydrogen-bond acceptors (Lipinski definition) is 2. The molecule has 3 fully saturated rings. The molecule has 0 aromatic carbocycles. The van der Waals surface area contributed by atoms with Crippen LogP contribution in [-0.4, -0.2) is 47.5 Å². The van der Waals surface area contributed by atoms with Gasteiger partial charge in [-0.15, -0.1) is 23.2 Å². The fourth-order valence-electron chi connectivity index (χ4n) is 7.90. The molecular weight excluding hydrogens is 389 g/mol. The minimum Gasteiger partial charge on any atom is -0.393 e. The minimum absolute atomic E-state index is 0.101. The smallest absolute Gasteiger partial charge is 0.0577 e. The van der Waals surface area contributed by atoms with E-state index in [1.807, 2.05) is 0 Å². The molecule has 0 bridgehead atoms. The number of hydrogen-bond donors (Lipinski definition) is 1. The molecule has 3 saturated carbocycles. The van der Waals surface area contributed by atoms with Crippen molar-refractivity contribution in [3.8, 4) is 0 Å². The van der Waals surface area contributed by atoms with Gasteiger partial charge in [0.2, 0.25) is 0 Å². The molecule has 4 rings (SSSR count). The van der Waals surface area contributed by atoms with Gasteiger partial charge in [0.1, 0.15) is 0 Å². The summed E-state index contributed by atoms with van der Waals surface area (Å²) < 4.78 is 0. The summed E-state index contributed by atoms with van der Waals surface area (Å²) in [6.45, 7) is 8.24. The third-order valence-electron chi connectivity index (χ3n) is 9.55. The highest BCUT2D eigenvalue weighted by Crippen LogP contribution is 2.66. The summed E-state index contributed by atoms with van der Waals surface area (Å²) >= 11 is 12.1. The summed E-state index contributed by atoms with van der Waals surface area (Å²) in [7, 11) is 0. The van der Waals surface area contributed by atoms with Crippen molar-refractivity contribution in [1.82, 2.24) is 4.90 Å². The number of allylic oxidation sites excluding steroid dienone is 1. The van der Waals surface area contributed by atoms with E-state index >= 15 is 0 Å². The van der Waals surface area contributed by atoms with Crippen LogP contribution in [0.1, 0.15) is 65.2 Å². The van der Waals surface area contributed by atoms with Crippen LogP contribution in [0, 0.1) is 34.5 Å². The van der Waals surface area contributed by atoms with Crippen molar-refractivity contribution in [3.05, 3.63) is 11.6 Å². The molecular formula is C24H39Cl2NO. The van der Waals surface area contributed by atoms with Crippen molar-refractivity contribution >= 4 is 23.2 Å². The predicted molar refractivity (Wildman–Crippen MR) is 119 cm³/mol. The predicted octanol–water partition coefficient (Wildman–Crippen LogP) is 5.71. The van der Waals surface area contributed by atoms with E-state index < -0.39 is 0 Å². The lowest BCUT2D eigenvalue weighted by Crippen LogP contribution is -2.51. The summed E-state index contributed by atoms with van der Waals surface area (Å²) in [6.07, 6.45) is 12.3. The summed E-state index contributed by atoms with van der Waals surface area (Å²) in [5.41, 5.74) is 2.42. The minimum atomic E-state index is -0.101. The molecule has 160 valence electrons. The number of aliphatic hydroxyl groups excluding tert-OH is 1. The van der Waals surface area contributed by atoms with Crippen molar-refractivity contribution in [2.75, 3.05) is 31.4 Å². The van der Waals surface area contributed by atoms with Crippen molar-refractivity contribution < 1.29 is 5.11 Å². The standard InChI is InChI=1S/C24H39Cl2NO/c1-23-9-7-19(28)15-17(23)3-5-20-21-6-4-18(16-27(13-11-25)14-12-26)24(21,2)10-8-22(20)23/h3,18-22,28H,4-16H2,1-2H3/t18-,19-,20+,21+,22+,23+,24-/m1/s1. The normalized spacial score (nSPS) is 45.4. The summed E-state index contributed by atoms with van der Waals surface area (Å²) in [5.74, 6) is 4.74. The molecule has 2 nitrogen and oxygen atoms in total. The largest absolute Gasteiger partial charge is 0.393 e. The Kier molecular flexibility index (Phi) is 6.44. The molecule has 28 heavy (non-hydrogen) atoms. The molecule has 0 amide bonds. The van der Waals surface area contributed by atoms with Gasteiger partial charge in [-0.1, -0.05) is 25.5 Å². The van der Waals surface area contributed by atoms with Gasteiger partial charge in [0.15, 0.2) is 0 Å². The van der Waals surface area contributed by atoms with Gasteiger partial charge in [0, 0.05) is 31.4 Å². The lowest BCUT2D eigenvalue weighted by atomic mass is 9.47. The lowest BCUT2D eigenvalue weighted by Gasteiger charge is -2.58. The molecule has 4 aliphatic carbocycles. The Bertz CT molecular complexity index is 589. The van der Waals surface area contributed by atoms with Crippen LogP contribution in [0.5, 0.6) is 0 Å². The van der Waals surface area contributed by atoms with E-state index in [1.165, 1.54) is 45.1 Å². The molecule has 4 heteroatoms. The van der Waals surface area contributed by atoms with Crippen LogP contribution >= 0.6 is 23.2 Å². The first-order valence-corrected chi connectivity index (χ1v) is 12.7. The maximum atomic E-state index is 10.2. The SMILES string of the molecule is C[C@]12CC[C@H]3[C@@H](CC=C4C[C@H](O)CC[C@@]43C)[C@@H]1CC[C@@H]2CN(CCCl)CCCl. The van der Waals surface area contributed by atoms with Crippen LogP contribution in [0.2, 0.25) is 0 Å². The first-order valence-electron chi connectivity index (χ1n) is 11.6. The Morgan fingerprint density at radius 2 is 1.79 bits per heavy atom. The number of fused-ring (bicyclic) bond motifs is 5. The maximum Gasteiger partial charge on any atom is 0.0577 e. The number of halogens is 2. The number of rotatable bonds is 6. The van der Waals surface area contributed by atoms with Gasteiger partial charge in [0.25, 0.3) is 0 Å². The lowest BCUT2D eigenvalue weighted by molar-refractivity contribution is -0.0531. The molecule has 4 aliphatic rings. The molecule has 0 unspecified atom stereocenters. The van der Waals surface area contributed by atoms with Crippen LogP contribution in [0.4, 0.5) is 0 Å². The van der Waals surface area contributed by atoms with Gasteiger partial charge in [0.05, 0.1) is 6.10 Å². The second-order valence-electron chi connectivity index (χ2n) is 10.7. The van der Waals surface area contributed by atoms with Gasteiger partial charge in [-0.3, -0.25) is 0 Å². The van der Waals surface area contributed by atoms with E-state index in [2.05, 4.69) is 24.8 Å². The number of aliphatic hydroxyl groups is 1. The Balaban J connectivity index is 1.52. The van der Waals surface area contributed by atoms with Crippen LogP contribution < -0.4 is 0 Å². The van der Waals surface area contributed by atoms with Crippen LogP contribution in [0.25, 0.3) is 0 Å². The van der Waals surface area contributed by atoms with Crippen LogP contribution in [0.3, 0.4) is 0 Å². The van der Waals surface area contributed by atoms with Crippen LogP contribution in [0.15, 0.2) is 11.6 Å². The topological polar surface area (TPSA) is 23.5 Å². The summed E-state index contributed by atoms with van der Waals surface area (Å²) in [5, 5.41) is 10.2. The Hall–Kier alpha value is 0.240. The number of nitrogens with zero attached hydrogens (tertiary/aromatic N) is 1. The van der Waals surface area contributed by atoms with E-state index in [0.29, 0.717) is 22.6 Å². The van der Waals surface area contributed by atoms with Crippen molar-refractivity contribution in [2.24, 2.45) is 34.5 Å². The molecule has 0 spiro atoms. The summed E-state index contributed by atoms with van der Waals surface area (Å²) in [6, 6.07) is 0. The molecule has 0 aromatic heterocycles. The fraction of sp³-hybridized carbons (Fsp3) is 0.917. The highest BCUT2D eigenvalue weighted by Gasteiger charge is 2.58. The molecule has 0 aliphatic heterocycles. The van der Waals surface area contributed by atoms with Gasteiger partial charge in [-0.2, -0.15) is 0 Å². The average molecular weight is 428 g/mol. The third kappa shape index (κ3) is 3.59. The Morgan fingerprint density at radius 1 is 1.04 bits per heavy atom. The van der Waals surface area contributed by atoms with Gasteiger partial charge in [-0.25, -0.2) is 0 Å². The van der Waals surface area contributed by atoms with Gasteiger partial charge in [-0.05, 0) is 85.9 Å². The van der Waals surface area contributed by atoms with Crippen molar-refractivity contribution in [3.63, 3.8) is 0 Å². The Morgan fingerprint density at radius 3 is 2.50 bits per heavy atom. The molecule has 0 radical (unpaired) electrons. The van der Waals surface area contributed by atoms with E-state index in [9.17, 15) is 5.11 Å². The zero-order chi connectivity index (χ0) is 19.9. The van der Waals surface area contributed by atoms with Gasteiger partial charge < -0.3 is 10.0 Å². The Labute approximate surface area is 182 Å². The highest BCUT2D eigenvalue weighted by atomic mass is 35.5. The molecule has 0 heterocycles. The first kappa shape index (κ1) is 21.5. The van der Waals surface area contributed by atoms with E-state index in [4.69, 9.17) is 23.2 Å². The quantitative estimate of drug-likeness (QED) is 0.433. The van der Waals surface area contributed by atoms with E-state index in [-0.39, 0.29) is 6.10 Å². The maximum absolute atomic E-state index is 10.2. The van der Waals surface area contributed by atoms with Gasteiger partial charge >= 0.3 is 0 Å². The van der Waals surface area contributed by atoms with Crippen LogP contribution in [-0.2, 0) is 0 Å².